The number of Topliss-reactive ketones (excluding diaryl/α,β-unsaturated/α-hetero) is 1. The molecule has 0 aliphatic carbocycles. The number of carbonyl (C=O) groups is 1. The van der Waals surface area contributed by atoms with E-state index in [4.69, 9.17) is 0 Å². The molecular formula is C14H19NO. The maximum absolute atomic E-state index is 11.2. The smallest absolute Gasteiger partial charge is 0.132 e. The minimum absolute atomic E-state index is 0.386. The van der Waals surface area contributed by atoms with Crippen LogP contribution in [0.4, 0.5) is 0 Å². The second kappa shape index (κ2) is 5.26. The Bertz CT molecular complexity index is 348. The number of hydrogen-bond acceptors (Lipinski definition) is 2. The van der Waals surface area contributed by atoms with Crippen LogP contribution in [0.25, 0.3) is 0 Å². The van der Waals surface area contributed by atoms with Crippen LogP contribution in [0.15, 0.2) is 24.3 Å². The first-order chi connectivity index (χ1) is 7.79. The summed E-state index contributed by atoms with van der Waals surface area (Å²) in [5, 5.41) is 0. The van der Waals surface area contributed by atoms with Crippen molar-refractivity contribution in [2.24, 2.45) is 0 Å². The summed E-state index contributed by atoms with van der Waals surface area (Å²) in [7, 11) is 0. The number of hydrogen-bond donors (Lipinski definition) is 0. The van der Waals surface area contributed by atoms with E-state index in [1.54, 1.807) is 0 Å². The van der Waals surface area contributed by atoms with E-state index < -0.39 is 0 Å². The maximum atomic E-state index is 11.2. The van der Waals surface area contributed by atoms with Crippen molar-refractivity contribution >= 4 is 5.78 Å². The fourth-order valence-electron chi connectivity index (χ4n) is 2.24. The van der Waals surface area contributed by atoms with Gasteiger partial charge in [0.05, 0.1) is 0 Å². The summed E-state index contributed by atoms with van der Waals surface area (Å²) < 4.78 is 0. The van der Waals surface area contributed by atoms with Crippen molar-refractivity contribution in [1.29, 1.82) is 0 Å². The molecule has 0 unspecified atom stereocenters. The van der Waals surface area contributed by atoms with Crippen molar-refractivity contribution in [3.05, 3.63) is 35.4 Å². The van der Waals surface area contributed by atoms with Crippen LogP contribution in [0.1, 0.15) is 37.3 Å². The number of nitrogens with zero attached hydrogens (tertiary/aromatic N) is 1. The predicted molar refractivity (Wildman–Crippen MR) is 65.1 cm³/mol. The number of carbonyl (C=O) groups excluding carboxylic acids is 1. The highest BCUT2D eigenvalue weighted by atomic mass is 16.1. The maximum Gasteiger partial charge on any atom is 0.132 e. The summed E-state index contributed by atoms with van der Waals surface area (Å²) in [6, 6.07) is 8.60. The van der Waals surface area contributed by atoms with Crippen molar-refractivity contribution in [3.63, 3.8) is 0 Å². The fraction of sp³-hybridized carbons (Fsp3) is 0.500. The van der Waals surface area contributed by atoms with Crippen LogP contribution < -0.4 is 0 Å². The molecule has 1 aromatic rings. The summed E-state index contributed by atoms with van der Waals surface area (Å²) in [6.45, 7) is 5.08. The molecule has 0 saturated carbocycles. The second-order valence-corrected chi connectivity index (χ2v) is 4.48. The third kappa shape index (κ3) is 2.70. The van der Waals surface area contributed by atoms with Gasteiger partial charge in [0.2, 0.25) is 0 Å². The Morgan fingerprint density at radius 3 is 2.44 bits per heavy atom. The Balaban J connectivity index is 1.77. The van der Waals surface area contributed by atoms with Gasteiger partial charge in [-0.1, -0.05) is 31.2 Å². The average molecular weight is 217 g/mol. The molecule has 2 rings (SSSR count). The number of ketones is 1. The highest BCUT2D eigenvalue weighted by Crippen LogP contribution is 2.22. The molecule has 0 atom stereocenters. The van der Waals surface area contributed by atoms with Gasteiger partial charge in [-0.05, 0) is 24.1 Å². The lowest BCUT2D eigenvalue weighted by molar-refractivity contribution is -0.118. The molecule has 0 saturated heterocycles. The second-order valence-electron chi connectivity index (χ2n) is 4.48. The molecule has 0 radical (unpaired) electrons. The van der Waals surface area contributed by atoms with Crippen LogP contribution in [0.3, 0.4) is 0 Å². The SMILES string of the molecule is CCC(=O)CCCN1Cc2ccccc2C1. The van der Waals surface area contributed by atoms with Crippen LogP contribution in [0, 0.1) is 0 Å². The lowest BCUT2D eigenvalue weighted by atomic mass is 10.1. The molecule has 0 amide bonds. The molecule has 1 aromatic carbocycles. The van der Waals surface area contributed by atoms with Crippen LogP contribution in [0.2, 0.25) is 0 Å². The Hall–Kier alpha value is -1.15. The molecule has 0 spiro atoms. The highest BCUT2D eigenvalue weighted by molar-refractivity contribution is 5.77. The highest BCUT2D eigenvalue weighted by Gasteiger charge is 2.17. The van der Waals surface area contributed by atoms with E-state index in [1.165, 1.54) is 11.1 Å². The molecule has 86 valence electrons. The first-order valence-electron chi connectivity index (χ1n) is 6.10. The minimum atomic E-state index is 0.386. The van der Waals surface area contributed by atoms with Gasteiger partial charge in [-0.25, -0.2) is 0 Å². The molecule has 1 aliphatic rings. The first-order valence-corrected chi connectivity index (χ1v) is 6.10. The quantitative estimate of drug-likeness (QED) is 0.756. The van der Waals surface area contributed by atoms with Crippen LogP contribution in [-0.4, -0.2) is 17.2 Å². The van der Waals surface area contributed by atoms with Gasteiger partial charge in [0.25, 0.3) is 0 Å². The molecule has 2 nitrogen and oxygen atoms in total. The van der Waals surface area contributed by atoms with Gasteiger partial charge in [-0.2, -0.15) is 0 Å². The topological polar surface area (TPSA) is 20.3 Å². The van der Waals surface area contributed by atoms with Crippen LogP contribution in [0.5, 0.6) is 0 Å². The summed E-state index contributed by atoms with van der Waals surface area (Å²) in [5.74, 6) is 0.386. The Kier molecular flexibility index (Phi) is 3.73. The lowest BCUT2D eigenvalue weighted by Gasteiger charge is -2.13. The zero-order chi connectivity index (χ0) is 11.4. The van der Waals surface area contributed by atoms with Crippen molar-refractivity contribution in [1.82, 2.24) is 4.90 Å². The minimum Gasteiger partial charge on any atom is -0.300 e. The van der Waals surface area contributed by atoms with E-state index in [-0.39, 0.29) is 0 Å². The van der Waals surface area contributed by atoms with Crippen molar-refractivity contribution in [2.45, 2.75) is 39.3 Å². The van der Waals surface area contributed by atoms with E-state index in [9.17, 15) is 4.79 Å². The van der Waals surface area contributed by atoms with E-state index >= 15 is 0 Å². The van der Waals surface area contributed by atoms with E-state index in [1.807, 2.05) is 6.92 Å². The molecular weight excluding hydrogens is 198 g/mol. The molecule has 0 N–H and O–H groups in total. The van der Waals surface area contributed by atoms with E-state index in [2.05, 4.69) is 29.2 Å². The van der Waals surface area contributed by atoms with Crippen molar-refractivity contribution in [2.75, 3.05) is 6.54 Å². The molecule has 16 heavy (non-hydrogen) atoms. The normalized spacial score (nSPS) is 15.1. The summed E-state index contributed by atoms with van der Waals surface area (Å²) in [4.78, 5) is 13.6. The van der Waals surface area contributed by atoms with E-state index in [0.29, 0.717) is 12.2 Å². The molecule has 2 heteroatoms. The molecule has 1 heterocycles. The summed E-state index contributed by atoms with van der Waals surface area (Å²) in [5.41, 5.74) is 2.90. The first kappa shape index (κ1) is 11.3. The molecule has 1 aliphatic heterocycles. The van der Waals surface area contributed by atoms with E-state index in [0.717, 1.165) is 32.5 Å². The van der Waals surface area contributed by atoms with Gasteiger partial charge in [0, 0.05) is 25.9 Å². The third-order valence-corrected chi connectivity index (χ3v) is 3.23. The number of benzene rings is 1. The number of fused-ring (bicyclic) bond motifs is 1. The van der Waals surface area contributed by atoms with Crippen molar-refractivity contribution < 1.29 is 4.79 Å². The van der Waals surface area contributed by atoms with Gasteiger partial charge in [-0.3, -0.25) is 9.69 Å². The molecule has 0 aromatic heterocycles. The average Bonchev–Trinajstić information content (AvgIpc) is 2.71. The summed E-state index contributed by atoms with van der Waals surface area (Å²) in [6.07, 6.45) is 2.42. The number of rotatable bonds is 5. The van der Waals surface area contributed by atoms with Crippen molar-refractivity contribution in [3.8, 4) is 0 Å². The lowest BCUT2D eigenvalue weighted by Crippen LogP contribution is -2.18. The van der Waals surface area contributed by atoms with Crippen LogP contribution in [-0.2, 0) is 17.9 Å². The monoisotopic (exact) mass is 217 g/mol. The molecule has 0 fully saturated rings. The predicted octanol–water partition coefficient (Wildman–Crippen LogP) is 2.76. The van der Waals surface area contributed by atoms with Gasteiger partial charge in [0.15, 0.2) is 0 Å². The van der Waals surface area contributed by atoms with Crippen LogP contribution >= 0.6 is 0 Å². The Morgan fingerprint density at radius 1 is 1.25 bits per heavy atom. The van der Waals surface area contributed by atoms with Gasteiger partial charge in [0.1, 0.15) is 5.78 Å². The third-order valence-electron chi connectivity index (χ3n) is 3.23. The zero-order valence-corrected chi connectivity index (χ0v) is 9.91. The largest absolute Gasteiger partial charge is 0.300 e. The summed E-state index contributed by atoms with van der Waals surface area (Å²) >= 11 is 0. The molecule has 0 bridgehead atoms. The fourth-order valence-corrected chi connectivity index (χ4v) is 2.24. The zero-order valence-electron chi connectivity index (χ0n) is 9.91. The van der Waals surface area contributed by atoms with Gasteiger partial charge >= 0.3 is 0 Å². The standard InChI is InChI=1S/C14H19NO/c1-2-14(16)8-5-9-15-10-12-6-3-4-7-13(12)11-15/h3-4,6-7H,2,5,8-11H2,1H3. The Labute approximate surface area is 97.3 Å². The van der Waals surface area contributed by atoms with Gasteiger partial charge < -0.3 is 0 Å². The van der Waals surface area contributed by atoms with Gasteiger partial charge in [-0.15, -0.1) is 0 Å². The Morgan fingerprint density at radius 2 is 1.88 bits per heavy atom.